The zero-order valence-corrected chi connectivity index (χ0v) is 22.6. The monoisotopic (exact) mass is 545 g/mol. The predicted octanol–water partition coefficient (Wildman–Crippen LogP) is -3.00. The van der Waals surface area contributed by atoms with E-state index in [1.54, 1.807) is 12.1 Å². The standard InChI is InChI=1S/C26H43N9O4/c27-25-14-28-7-10-31-17-26(18-32-11-8-29-15-25,19-33-12-9-30-16-25)34-13-20-1-3-21(4-2-20)24(38)39-35-22(36)5-6-23(35)37/h1-4,28-34H,5-19,27H2. The highest BCUT2D eigenvalue weighted by molar-refractivity contribution is 6.02. The summed E-state index contributed by atoms with van der Waals surface area (Å²) in [4.78, 5) is 41.0. The number of imide groups is 1. The highest BCUT2D eigenvalue weighted by Crippen LogP contribution is 2.15. The van der Waals surface area contributed by atoms with Crippen LogP contribution in [0.2, 0.25) is 0 Å². The normalized spacial score (nSPS) is 28.2. The first kappa shape index (κ1) is 29.5. The van der Waals surface area contributed by atoms with Crippen LogP contribution in [-0.2, 0) is 21.0 Å². The van der Waals surface area contributed by atoms with Gasteiger partial charge in [0.2, 0.25) is 0 Å². The van der Waals surface area contributed by atoms with Gasteiger partial charge in [0.25, 0.3) is 11.8 Å². The number of rotatable bonds is 5. The second-order valence-corrected chi connectivity index (χ2v) is 10.7. The zero-order chi connectivity index (χ0) is 27.6. The molecule has 0 radical (unpaired) electrons. The van der Waals surface area contributed by atoms with E-state index in [9.17, 15) is 14.4 Å². The van der Waals surface area contributed by atoms with E-state index in [1.807, 2.05) is 12.1 Å². The van der Waals surface area contributed by atoms with Crippen LogP contribution < -0.4 is 43.0 Å². The molecule has 4 heterocycles. The second-order valence-electron chi connectivity index (χ2n) is 10.7. The summed E-state index contributed by atoms with van der Waals surface area (Å²) in [6, 6.07) is 7.01. The molecule has 4 fully saturated rings. The van der Waals surface area contributed by atoms with E-state index < -0.39 is 17.8 Å². The molecule has 0 saturated carbocycles. The molecular formula is C26H43N9O4. The molecule has 13 heteroatoms. The summed E-state index contributed by atoms with van der Waals surface area (Å²) in [5.74, 6) is -1.72. The van der Waals surface area contributed by atoms with Crippen molar-refractivity contribution in [1.29, 1.82) is 0 Å². The van der Waals surface area contributed by atoms with Crippen LogP contribution in [-0.4, -0.2) is 112 Å². The number of benzene rings is 1. The SMILES string of the molecule is NC12CNCCNCC(NCc3ccc(C(=O)ON4C(=O)CCC4=O)cc3)(CNCCNC1)CNCCNC2. The van der Waals surface area contributed by atoms with Gasteiger partial charge >= 0.3 is 5.97 Å². The quantitative estimate of drug-likeness (QED) is 0.176. The van der Waals surface area contributed by atoms with Crippen molar-refractivity contribution in [2.45, 2.75) is 30.5 Å². The van der Waals surface area contributed by atoms with E-state index in [0.717, 1.165) is 84.1 Å². The van der Waals surface area contributed by atoms with Crippen molar-refractivity contribution in [2.75, 3.05) is 78.5 Å². The van der Waals surface area contributed by atoms with Crippen molar-refractivity contribution in [3.05, 3.63) is 35.4 Å². The summed E-state index contributed by atoms with van der Waals surface area (Å²) >= 11 is 0. The molecule has 4 aliphatic rings. The minimum Gasteiger partial charge on any atom is -0.325 e. The molecule has 4 saturated heterocycles. The number of nitrogens with one attached hydrogen (secondary N) is 7. The molecule has 1 aromatic carbocycles. The molecule has 216 valence electrons. The van der Waals surface area contributed by atoms with Crippen LogP contribution in [0.4, 0.5) is 0 Å². The van der Waals surface area contributed by atoms with Gasteiger partial charge in [-0.1, -0.05) is 12.1 Å². The van der Waals surface area contributed by atoms with Gasteiger partial charge < -0.3 is 47.8 Å². The third-order valence-corrected chi connectivity index (χ3v) is 7.29. The molecule has 0 unspecified atom stereocenters. The third kappa shape index (κ3) is 8.75. The van der Waals surface area contributed by atoms with E-state index in [0.29, 0.717) is 11.6 Å². The van der Waals surface area contributed by atoms with Gasteiger partial charge in [-0.15, -0.1) is 5.06 Å². The lowest BCUT2D eigenvalue weighted by molar-refractivity contribution is -0.172. The summed E-state index contributed by atoms with van der Waals surface area (Å²) in [6.07, 6.45) is 0.129. The van der Waals surface area contributed by atoms with Gasteiger partial charge in [-0.05, 0) is 17.7 Å². The van der Waals surface area contributed by atoms with Crippen molar-refractivity contribution < 1.29 is 19.2 Å². The summed E-state index contributed by atoms with van der Waals surface area (Å²) in [5.41, 5.74) is 7.34. The van der Waals surface area contributed by atoms with Crippen LogP contribution in [0.5, 0.6) is 0 Å². The Morgan fingerprint density at radius 1 is 0.769 bits per heavy atom. The first-order valence-corrected chi connectivity index (χ1v) is 13.8. The molecule has 2 amide bonds. The molecule has 0 spiro atoms. The minimum absolute atomic E-state index is 0.0645. The number of hydroxylamine groups is 2. The Hall–Kier alpha value is -2.49. The van der Waals surface area contributed by atoms with Gasteiger partial charge in [-0.2, -0.15) is 0 Å². The average Bonchev–Trinajstić information content (AvgIpc) is 3.25. The third-order valence-electron chi connectivity index (χ3n) is 7.29. The van der Waals surface area contributed by atoms with Crippen molar-refractivity contribution in [1.82, 2.24) is 42.3 Å². The van der Waals surface area contributed by atoms with Gasteiger partial charge in [-0.3, -0.25) is 9.59 Å². The van der Waals surface area contributed by atoms with Crippen LogP contribution in [0.25, 0.3) is 0 Å². The minimum atomic E-state index is -0.728. The molecule has 5 rings (SSSR count). The van der Waals surface area contributed by atoms with Gasteiger partial charge in [0.15, 0.2) is 0 Å². The molecule has 1 aromatic rings. The van der Waals surface area contributed by atoms with Crippen molar-refractivity contribution in [2.24, 2.45) is 5.73 Å². The van der Waals surface area contributed by atoms with Crippen LogP contribution in [0.15, 0.2) is 24.3 Å². The Morgan fingerprint density at radius 3 is 1.67 bits per heavy atom. The van der Waals surface area contributed by atoms with Crippen LogP contribution >= 0.6 is 0 Å². The van der Waals surface area contributed by atoms with Crippen molar-refractivity contribution in [3.8, 4) is 0 Å². The van der Waals surface area contributed by atoms with Crippen LogP contribution in [0.3, 0.4) is 0 Å². The summed E-state index contributed by atoms with van der Waals surface area (Å²) in [5, 5.41) is 25.7. The maximum Gasteiger partial charge on any atom is 0.363 e. The number of nitrogens with zero attached hydrogens (tertiary/aromatic N) is 1. The lowest BCUT2D eigenvalue weighted by Gasteiger charge is -2.37. The fourth-order valence-corrected chi connectivity index (χ4v) is 4.93. The Morgan fingerprint density at radius 2 is 1.21 bits per heavy atom. The average molecular weight is 546 g/mol. The van der Waals surface area contributed by atoms with Gasteiger partial charge in [-0.25, -0.2) is 4.79 Å². The molecular weight excluding hydrogens is 502 g/mol. The summed E-state index contributed by atoms with van der Waals surface area (Å²) in [6.45, 7) is 9.97. The largest absolute Gasteiger partial charge is 0.363 e. The topological polar surface area (TPSA) is 174 Å². The number of carbonyl (C=O) groups is 3. The molecule has 39 heavy (non-hydrogen) atoms. The number of carbonyl (C=O) groups excluding carboxylic acids is 3. The first-order chi connectivity index (χ1) is 18.9. The van der Waals surface area contributed by atoms with Crippen molar-refractivity contribution >= 4 is 17.8 Å². The molecule has 4 aliphatic heterocycles. The highest BCUT2D eigenvalue weighted by Gasteiger charge is 2.33. The number of amides is 2. The van der Waals surface area contributed by atoms with Gasteiger partial charge in [0.1, 0.15) is 0 Å². The number of nitrogens with two attached hydrogens (primary N) is 1. The fourth-order valence-electron chi connectivity index (χ4n) is 4.93. The number of hydrogen-bond donors (Lipinski definition) is 8. The van der Waals surface area contributed by atoms with Crippen LogP contribution in [0.1, 0.15) is 28.8 Å². The van der Waals surface area contributed by atoms with Gasteiger partial charge in [0, 0.05) is 97.9 Å². The lowest BCUT2D eigenvalue weighted by Crippen LogP contribution is -2.66. The number of hydrogen-bond acceptors (Lipinski definition) is 12. The molecule has 0 aliphatic carbocycles. The Bertz CT molecular complexity index is 915. The van der Waals surface area contributed by atoms with Crippen molar-refractivity contribution in [3.63, 3.8) is 0 Å². The molecule has 0 atom stereocenters. The molecule has 13 nitrogen and oxygen atoms in total. The lowest BCUT2D eigenvalue weighted by atomic mass is 9.97. The Kier molecular flexibility index (Phi) is 10.8. The highest BCUT2D eigenvalue weighted by atomic mass is 16.7. The maximum absolute atomic E-state index is 12.5. The zero-order valence-electron chi connectivity index (χ0n) is 22.6. The Labute approximate surface area is 229 Å². The van der Waals surface area contributed by atoms with E-state index in [2.05, 4.69) is 37.2 Å². The molecule has 2 bridgehead atoms. The summed E-state index contributed by atoms with van der Waals surface area (Å²) in [7, 11) is 0. The smallest absolute Gasteiger partial charge is 0.325 e. The fraction of sp³-hybridized carbons (Fsp3) is 0.654. The second kappa shape index (κ2) is 14.2. The van der Waals surface area contributed by atoms with Crippen LogP contribution in [0, 0.1) is 0 Å². The Balaban J connectivity index is 1.39. The van der Waals surface area contributed by atoms with E-state index in [4.69, 9.17) is 10.6 Å². The first-order valence-electron chi connectivity index (χ1n) is 13.8. The van der Waals surface area contributed by atoms with E-state index >= 15 is 0 Å². The molecule has 9 N–H and O–H groups in total. The van der Waals surface area contributed by atoms with Gasteiger partial charge in [0.05, 0.1) is 16.6 Å². The summed E-state index contributed by atoms with van der Waals surface area (Å²) < 4.78 is 0. The molecule has 0 aromatic heterocycles. The predicted molar refractivity (Wildman–Crippen MR) is 147 cm³/mol. The van der Waals surface area contributed by atoms with E-state index in [-0.39, 0.29) is 29.5 Å². The van der Waals surface area contributed by atoms with E-state index in [1.165, 1.54) is 0 Å². The maximum atomic E-state index is 12.5. The number of fused-ring (bicyclic) bond motifs is 15.